The van der Waals surface area contributed by atoms with E-state index in [-0.39, 0.29) is 10.7 Å². The first kappa shape index (κ1) is 24.0. The number of anilines is 2. The average molecular weight is 470 g/mol. The zero-order chi connectivity index (χ0) is 23.1. The molecule has 0 aliphatic carbocycles. The van der Waals surface area contributed by atoms with Crippen molar-refractivity contribution in [3.63, 3.8) is 0 Å². The number of thiocarbonyl (C=S) groups is 1. The minimum absolute atomic E-state index is 0.0372. The van der Waals surface area contributed by atoms with Crippen LogP contribution in [0.2, 0.25) is 5.02 Å². The number of rotatable bonds is 9. The van der Waals surface area contributed by atoms with Gasteiger partial charge >= 0.3 is 0 Å². The molecule has 0 spiro atoms. The lowest BCUT2D eigenvalue weighted by molar-refractivity contribution is -0.122. The van der Waals surface area contributed by atoms with Crippen LogP contribution < -0.4 is 15.1 Å². The molecule has 168 valence electrons. The summed E-state index contributed by atoms with van der Waals surface area (Å²) >= 11 is 11.2. The third-order valence-electron chi connectivity index (χ3n) is 5.32. The average Bonchev–Trinajstić information content (AvgIpc) is 2.78. The molecule has 7 heteroatoms. The maximum Gasteiger partial charge on any atom is 0.270 e. The number of hydrogen-bond acceptors (Lipinski definition) is 4. The second-order valence-electron chi connectivity index (χ2n) is 7.72. The van der Waals surface area contributed by atoms with E-state index in [9.17, 15) is 9.59 Å². The largest absolute Gasteiger partial charge is 0.372 e. The van der Waals surface area contributed by atoms with Crippen molar-refractivity contribution in [1.29, 1.82) is 0 Å². The third-order valence-corrected chi connectivity index (χ3v) is 5.86. The van der Waals surface area contributed by atoms with Gasteiger partial charge in [-0.3, -0.25) is 19.8 Å². The third kappa shape index (κ3) is 5.75. The molecule has 0 atom stereocenters. The standard InChI is InChI=1S/C25H28ClN3O2S/c1-3-5-15-28(16-6-4-2)20-11-7-18(8-12-20)17-22-23(30)27-25(32)29(24(22)31)21-13-9-19(26)10-14-21/h7-14,17H,3-6,15-16H2,1-2H3,(H,27,30,32). The topological polar surface area (TPSA) is 52.7 Å². The Morgan fingerprint density at radius 1 is 0.969 bits per heavy atom. The lowest BCUT2D eigenvalue weighted by Crippen LogP contribution is -2.54. The molecule has 0 saturated carbocycles. The fourth-order valence-corrected chi connectivity index (χ4v) is 3.91. The molecule has 0 radical (unpaired) electrons. The lowest BCUT2D eigenvalue weighted by atomic mass is 10.1. The Balaban J connectivity index is 1.84. The zero-order valence-corrected chi connectivity index (χ0v) is 20.0. The number of amides is 2. The summed E-state index contributed by atoms with van der Waals surface area (Å²) in [5.74, 6) is -0.959. The van der Waals surface area contributed by atoms with Gasteiger partial charge in [-0.1, -0.05) is 50.4 Å². The van der Waals surface area contributed by atoms with Gasteiger partial charge in [-0.2, -0.15) is 0 Å². The summed E-state index contributed by atoms with van der Waals surface area (Å²) in [6, 6.07) is 14.7. The number of carbonyl (C=O) groups is 2. The Kier molecular flexibility index (Phi) is 8.42. The van der Waals surface area contributed by atoms with Crippen molar-refractivity contribution < 1.29 is 9.59 Å². The van der Waals surface area contributed by atoms with Crippen molar-refractivity contribution >= 4 is 58.2 Å². The smallest absolute Gasteiger partial charge is 0.270 e. The molecule has 0 unspecified atom stereocenters. The molecule has 2 aromatic carbocycles. The Labute approximate surface area is 200 Å². The molecular formula is C25H28ClN3O2S. The highest BCUT2D eigenvalue weighted by molar-refractivity contribution is 7.80. The minimum Gasteiger partial charge on any atom is -0.372 e. The number of nitrogens with zero attached hydrogens (tertiary/aromatic N) is 2. The molecule has 5 nitrogen and oxygen atoms in total. The van der Waals surface area contributed by atoms with Crippen molar-refractivity contribution in [1.82, 2.24) is 5.32 Å². The van der Waals surface area contributed by atoms with Gasteiger partial charge in [0.05, 0.1) is 5.69 Å². The number of unbranched alkanes of at least 4 members (excludes halogenated alkanes) is 2. The van der Waals surface area contributed by atoms with E-state index in [1.165, 1.54) is 4.90 Å². The quantitative estimate of drug-likeness (QED) is 0.296. The van der Waals surface area contributed by atoms with E-state index in [0.29, 0.717) is 10.7 Å². The summed E-state index contributed by atoms with van der Waals surface area (Å²) in [6.45, 7) is 6.42. The first-order valence-corrected chi connectivity index (χ1v) is 11.7. The van der Waals surface area contributed by atoms with Gasteiger partial charge in [0.2, 0.25) is 0 Å². The van der Waals surface area contributed by atoms with Crippen molar-refractivity contribution in [3.05, 3.63) is 64.7 Å². The van der Waals surface area contributed by atoms with Crippen LogP contribution in [0, 0.1) is 0 Å². The van der Waals surface area contributed by atoms with Crippen LogP contribution in [-0.2, 0) is 9.59 Å². The molecule has 0 bridgehead atoms. The number of carbonyl (C=O) groups excluding carboxylic acids is 2. The molecule has 32 heavy (non-hydrogen) atoms. The molecule has 1 heterocycles. The van der Waals surface area contributed by atoms with E-state index in [1.54, 1.807) is 30.3 Å². The molecular weight excluding hydrogens is 442 g/mol. The van der Waals surface area contributed by atoms with Crippen LogP contribution in [0.15, 0.2) is 54.1 Å². The molecule has 2 amide bonds. The van der Waals surface area contributed by atoms with E-state index < -0.39 is 11.8 Å². The summed E-state index contributed by atoms with van der Waals surface area (Å²) in [5.41, 5.74) is 2.52. The monoisotopic (exact) mass is 469 g/mol. The molecule has 1 saturated heterocycles. The fourth-order valence-electron chi connectivity index (χ4n) is 3.50. The SMILES string of the molecule is CCCCN(CCCC)c1ccc(C=C2C(=O)NC(=S)N(c3ccc(Cl)cc3)C2=O)cc1. The number of benzene rings is 2. The number of nitrogens with one attached hydrogen (secondary N) is 1. The second-order valence-corrected chi connectivity index (χ2v) is 8.54. The van der Waals surface area contributed by atoms with Gasteiger partial charge in [0.25, 0.3) is 11.8 Å². The fraction of sp³-hybridized carbons (Fsp3) is 0.320. The number of hydrogen-bond donors (Lipinski definition) is 1. The van der Waals surface area contributed by atoms with E-state index in [0.717, 1.165) is 50.0 Å². The summed E-state index contributed by atoms with van der Waals surface area (Å²) in [4.78, 5) is 29.3. The maximum absolute atomic E-state index is 13.1. The summed E-state index contributed by atoms with van der Waals surface area (Å²) in [6.07, 6.45) is 6.19. The molecule has 1 fully saturated rings. The predicted octanol–water partition coefficient (Wildman–Crippen LogP) is 5.58. The molecule has 1 N–H and O–H groups in total. The number of halogens is 1. The highest BCUT2D eigenvalue weighted by Gasteiger charge is 2.34. The van der Waals surface area contributed by atoms with Gasteiger partial charge in [0.15, 0.2) is 5.11 Å². The van der Waals surface area contributed by atoms with Crippen LogP contribution >= 0.6 is 23.8 Å². The summed E-state index contributed by atoms with van der Waals surface area (Å²) < 4.78 is 0. The zero-order valence-electron chi connectivity index (χ0n) is 18.4. The predicted molar refractivity (Wildman–Crippen MR) is 136 cm³/mol. The van der Waals surface area contributed by atoms with Crippen LogP contribution in [0.3, 0.4) is 0 Å². The van der Waals surface area contributed by atoms with E-state index >= 15 is 0 Å². The van der Waals surface area contributed by atoms with Gasteiger partial charge in [0.1, 0.15) is 5.57 Å². The molecule has 2 aromatic rings. The van der Waals surface area contributed by atoms with Gasteiger partial charge < -0.3 is 4.90 Å². The van der Waals surface area contributed by atoms with Crippen LogP contribution in [-0.4, -0.2) is 30.0 Å². The first-order chi connectivity index (χ1) is 15.4. The van der Waals surface area contributed by atoms with Gasteiger partial charge in [-0.15, -0.1) is 0 Å². The minimum atomic E-state index is -0.498. The molecule has 0 aromatic heterocycles. The van der Waals surface area contributed by atoms with Gasteiger partial charge in [-0.05, 0) is 73.1 Å². The first-order valence-electron chi connectivity index (χ1n) is 11.0. The highest BCUT2D eigenvalue weighted by atomic mass is 35.5. The van der Waals surface area contributed by atoms with Gasteiger partial charge in [0, 0.05) is 23.8 Å². The van der Waals surface area contributed by atoms with E-state index in [2.05, 4.69) is 24.1 Å². The molecule has 1 aliphatic heterocycles. The summed E-state index contributed by atoms with van der Waals surface area (Å²) in [7, 11) is 0. The van der Waals surface area contributed by atoms with Gasteiger partial charge in [-0.25, -0.2) is 0 Å². The van der Waals surface area contributed by atoms with Crippen molar-refractivity contribution in [2.24, 2.45) is 0 Å². The van der Waals surface area contributed by atoms with Crippen molar-refractivity contribution in [2.75, 3.05) is 22.9 Å². The van der Waals surface area contributed by atoms with Crippen LogP contribution in [0.1, 0.15) is 45.1 Å². The van der Waals surface area contributed by atoms with Crippen LogP contribution in [0.25, 0.3) is 6.08 Å². The molecule has 1 aliphatic rings. The maximum atomic E-state index is 13.1. The van der Waals surface area contributed by atoms with Crippen molar-refractivity contribution in [2.45, 2.75) is 39.5 Å². The summed E-state index contributed by atoms with van der Waals surface area (Å²) in [5, 5.41) is 3.21. The van der Waals surface area contributed by atoms with E-state index in [4.69, 9.17) is 23.8 Å². The molecule has 3 rings (SSSR count). The second kappa shape index (κ2) is 11.2. The Morgan fingerprint density at radius 2 is 1.56 bits per heavy atom. The Morgan fingerprint density at radius 3 is 2.12 bits per heavy atom. The highest BCUT2D eigenvalue weighted by Crippen LogP contribution is 2.24. The van der Waals surface area contributed by atoms with Crippen LogP contribution in [0.5, 0.6) is 0 Å². The van der Waals surface area contributed by atoms with Crippen LogP contribution in [0.4, 0.5) is 11.4 Å². The Hall–Kier alpha value is -2.70. The normalized spacial score (nSPS) is 15.3. The van der Waals surface area contributed by atoms with E-state index in [1.807, 2.05) is 24.3 Å². The van der Waals surface area contributed by atoms with Crippen molar-refractivity contribution in [3.8, 4) is 0 Å². The Bertz CT molecular complexity index is 995. The lowest BCUT2D eigenvalue weighted by Gasteiger charge is -2.29.